The molecule has 0 saturated carbocycles. The first-order valence-corrected chi connectivity index (χ1v) is 5.02. The van der Waals surface area contributed by atoms with Gasteiger partial charge in [0.15, 0.2) is 0 Å². The molecule has 0 aliphatic carbocycles. The Kier molecular flexibility index (Phi) is 2.67. The molecule has 0 N–H and O–H groups in total. The van der Waals surface area contributed by atoms with Gasteiger partial charge >= 0.3 is 0 Å². The summed E-state index contributed by atoms with van der Waals surface area (Å²) in [5.74, 6) is -0.451. The van der Waals surface area contributed by atoms with Gasteiger partial charge in [-0.3, -0.25) is 0 Å². The molecule has 1 heterocycles. The lowest BCUT2D eigenvalue weighted by Gasteiger charge is -2.06. The lowest BCUT2D eigenvalue weighted by molar-refractivity contribution is 0.610. The Morgan fingerprint density at radius 1 is 1.33 bits per heavy atom. The second kappa shape index (κ2) is 3.83. The van der Waals surface area contributed by atoms with Crippen molar-refractivity contribution < 1.29 is 4.39 Å². The van der Waals surface area contributed by atoms with E-state index in [-0.39, 0.29) is 10.7 Å². The molecule has 0 aliphatic rings. The summed E-state index contributed by atoms with van der Waals surface area (Å²) in [7, 11) is 0. The number of hydrogen-bond acceptors (Lipinski definition) is 1. The lowest BCUT2D eigenvalue weighted by Crippen LogP contribution is -2.01. The lowest BCUT2D eigenvalue weighted by atomic mass is 10.3. The molecule has 0 saturated heterocycles. The van der Waals surface area contributed by atoms with Gasteiger partial charge in [-0.1, -0.05) is 29.3 Å². The first-order valence-electron chi connectivity index (χ1n) is 4.26. The molecule has 0 radical (unpaired) electrons. The number of aryl methyl sites for hydroxylation is 1. The van der Waals surface area contributed by atoms with Gasteiger partial charge < -0.3 is 0 Å². The van der Waals surface area contributed by atoms with Crippen molar-refractivity contribution in [3.63, 3.8) is 0 Å². The maximum atomic E-state index is 13.5. The molecule has 0 bridgehead atoms. The zero-order valence-corrected chi connectivity index (χ0v) is 9.35. The van der Waals surface area contributed by atoms with Gasteiger partial charge in [-0.05, 0) is 25.1 Å². The van der Waals surface area contributed by atoms with Crippen molar-refractivity contribution in [2.75, 3.05) is 0 Å². The maximum absolute atomic E-state index is 13.5. The van der Waals surface area contributed by atoms with Crippen molar-refractivity contribution in [1.29, 1.82) is 0 Å². The minimum absolute atomic E-state index is 0.178. The van der Waals surface area contributed by atoms with Crippen LogP contribution in [0.4, 0.5) is 4.39 Å². The van der Waals surface area contributed by atoms with E-state index < -0.39 is 5.82 Å². The molecule has 0 spiro atoms. The molecule has 78 valence electrons. The predicted molar refractivity (Wildman–Crippen MR) is 58.3 cm³/mol. The third kappa shape index (κ3) is 1.85. The van der Waals surface area contributed by atoms with Crippen molar-refractivity contribution in [1.82, 2.24) is 9.78 Å². The summed E-state index contributed by atoms with van der Waals surface area (Å²) in [6, 6.07) is 6.08. The Balaban J connectivity index is 2.68. The molecular formula is C10H7Cl2FN2. The van der Waals surface area contributed by atoms with Crippen LogP contribution in [-0.4, -0.2) is 9.78 Å². The Hall–Kier alpha value is -1.06. The van der Waals surface area contributed by atoms with Crippen LogP contribution in [0.1, 0.15) is 5.69 Å². The molecule has 0 unspecified atom stereocenters. The first-order chi connectivity index (χ1) is 7.09. The third-order valence-electron chi connectivity index (χ3n) is 1.94. The molecule has 5 heteroatoms. The molecule has 0 atom stereocenters. The van der Waals surface area contributed by atoms with E-state index in [2.05, 4.69) is 5.10 Å². The van der Waals surface area contributed by atoms with E-state index >= 15 is 0 Å². The van der Waals surface area contributed by atoms with Gasteiger partial charge in [0.05, 0.1) is 10.7 Å². The van der Waals surface area contributed by atoms with Crippen molar-refractivity contribution in [3.05, 3.63) is 46.0 Å². The highest BCUT2D eigenvalue weighted by molar-refractivity contribution is 6.33. The summed E-state index contributed by atoms with van der Waals surface area (Å²) in [6.07, 6.45) is 0. The minimum Gasteiger partial charge on any atom is -0.217 e. The monoisotopic (exact) mass is 244 g/mol. The average molecular weight is 245 g/mol. The second-order valence-corrected chi connectivity index (χ2v) is 3.88. The van der Waals surface area contributed by atoms with Gasteiger partial charge in [-0.2, -0.15) is 5.10 Å². The van der Waals surface area contributed by atoms with Gasteiger partial charge in [0, 0.05) is 0 Å². The largest absolute Gasteiger partial charge is 0.217 e. The van der Waals surface area contributed by atoms with Crippen LogP contribution in [0.5, 0.6) is 0 Å². The third-order valence-corrected chi connectivity index (χ3v) is 2.51. The Morgan fingerprint density at radius 3 is 2.60 bits per heavy atom. The quantitative estimate of drug-likeness (QED) is 0.750. The van der Waals surface area contributed by atoms with Gasteiger partial charge in [0.25, 0.3) is 0 Å². The predicted octanol–water partition coefficient (Wildman–Crippen LogP) is 3.63. The molecule has 0 aliphatic heterocycles. The normalized spacial score (nSPS) is 10.7. The molecule has 0 amide bonds. The highest BCUT2D eigenvalue weighted by atomic mass is 35.5. The summed E-state index contributed by atoms with van der Waals surface area (Å²) in [6.45, 7) is 1.77. The molecule has 2 nitrogen and oxygen atoms in total. The number of benzene rings is 1. The van der Waals surface area contributed by atoms with E-state index in [1.54, 1.807) is 19.1 Å². The van der Waals surface area contributed by atoms with Crippen molar-refractivity contribution in [2.45, 2.75) is 6.92 Å². The minimum atomic E-state index is -0.451. The van der Waals surface area contributed by atoms with Crippen LogP contribution in [-0.2, 0) is 0 Å². The number of halogens is 3. The summed E-state index contributed by atoms with van der Waals surface area (Å²) < 4.78 is 14.8. The molecule has 2 rings (SSSR count). The molecule has 15 heavy (non-hydrogen) atoms. The van der Waals surface area contributed by atoms with Crippen LogP contribution in [0.15, 0.2) is 24.3 Å². The number of aromatic nitrogens is 2. The van der Waals surface area contributed by atoms with Gasteiger partial charge in [-0.15, -0.1) is 0 Å². The van der Waals surface area contributed by atoms with Crippen LogP contribution in [0.2, 0.25) is 10.2 Å². The highest BCUT2D eigenvalue weighted by Crippen LogP contribution is 2.26. The number of para-hydroxylation sites is 1. The zero-order chi connectivity index (χ0) is 11.0. The summed E-state index contributed by atoms with van der Waals surface area (Å²) >= 11 is 11.8. The SMILES string of the molecule is Cc1cc(Cl)n(-c2c(F)cccc2Cl)n1. The summed E-state index contributed by atoms with van der Waals surface area (Å²) in [4.78, 5) is 0. The summed E-state index contributed by atoms with van der Waals surface area (Å²) in [5, 5.41) is 4.67. The van der Waals surface area contributed by atoms with E-state index in [0.717, 1.165) is 0 Å². The summed E-state index contributed by atoms with van der Waals surface area (Å²) in [5.41, 5.74) is 0.886. The van der Waals surface area contributed by atoms with Crippen molar-refractivity contribution >= 4 is 23.2 Å². The van der Waals surface area contributed by atoms with E-state index in [4.69, 9.17) is 23.2 Å². The highest BCUT2D eigenvalue weighted by Gasteiger charge is 2.13. The van der Waals surface area contributed by atoms with E-state index in [9.17, 15) is 4.39 Å². The van der Waals surface area contributed by atoms with Crippen molar-refractivity contribution in [3.8, 4) is 5.69 Å². The van der Waals surface area contributed by atoms with Crippen LogP contribution < -0.4 is 0 Å². The zero-order valence-electron chi connectivity index (χ0n) is 7.84. The fourth-order valence-electron chi connectivity index (χ4n) is 1.32. The maximum Gasteiger partial charge on any atom is 0.150 e. The van der Waals surface area contributed by atoms with Crippen LogP contribution in [0.25, 0.3) is 5.69 Å². The van der Waals surface area contributed by atoms with Crippen molar-refractivity contribution in [2.24, 2.45) is 0 Å². The van der Waals surface area contributed by atoms with E-state index in [1.807, 2.05) is 0 Å². The number of nitrogens with zero attached hydrogens (tertiary/aromatic N) is 2. The smallest absolute Gasteiger partial charge is 0.150 e. The van der Waals surface area contributed by atoms with Gasteiger partial charge in [0.1, 0.15) is 16.7 Å². The first kappa shape index (κ1) is 10.5. The second-order valence-electron chi connectivity index (χ2n) is 3.09. The molecule has 1 aromatic carbocycles. The number of rotatable bonds is 1. The van der Waals surface area contributed by atoms with Gasteiger partial charge in [0.2, 0.25) is 0 Å². The van der Waals surface area contributed by atoms with E-state index in [1.165, 1.54) is 16.8 Å². The van der Waals surface area contributed by atoms with Crippen LogP contribution >= 0.6 is 23.2 Å². The molecule has 1 aromatic heterocycles. The molecule has 0 fully saturated rings. The molecule has 2 aromatic rings. The standard InChI is InChI=1S/C10H7Cl2FN2/c1-6-5-9(12)15(14-6)10-7(11)3-2-4-8(10)13/h2-5H,1H3. The topological polar surface area (TPSA) is 17.8 Å². The molecular weight excluding hydrogens is 238 g/mol. The number of hydrogen-bond donors (Lipinski definition) is 0. The van der Waals surface area contributed by atoms with Crippen LogP contribution in [0, 0.1) is 12.7 Å². The Labute approximate surface area is 96.2 Å². The Bertz CT molecular complexity index is 488. The van der Waals surface area contributed by atoms with Gasteiger partial charge in [-0.25, -0.2) is 9.07 Å². The average Bonchev–Trinajstić information content (AvgIpc) is 2.45. The van der Waals surface area contributed by atoms with E-state index in [0.29, 0.717) is 10.8 Å². The fraction of sp³-hybridized carbons (Fsp3) is 0.100. The Morgan fingerprint density at radius 2 is 2.07 bits per heavy atom. The van der Waals surface area contributed by atoms with Crippen LogP contribution in [0.3, 0.4) is 0 Å². The fourth-order valence-corrected chi connectivity index (χ4v) is 1.84.